The molecule has 0 aliphatic carbocycles. The number of aromatic nitrogens is 3. The van der Waals surface area contributed by atoms with E-state index in [1.165, 1.54) is 51.4 Å². The van der Waals surface area contributed by atoms with E-state index in [2.05, 4.69) is 78.1 Å². The molecule has 6 amide bonds. The molecule has 0 bridgehead atoms. The van der Waals surface area contributed by atoms with E-state index in [0.29, 0.717) is 57.8 Å². The van der Waals surface area contributed by atoms with Gasteiger partial charge < -0.3 is 57.0 Å². The Bertz CT molecular complexity index is 2400. The monoisotopic (exact) mass is 1020 g/mol. The molecule has 2 aromatic carbocycles. The summed E-state index contributed by atoms with van der Waals surface area (Å²) in [5.41, 5.74) is 16.4. The Kier molecular flexibility index (Phi) is 24.0. The number of fused-ring (bicyclic) bond motifs is 1. The van der Waals surface area contributed by atoms with Crippen LogP contribution >= 0.6 is 0 Å². The molecule has 9 N–H and O–H groups in total. The van der Waals surface area contributed by atoms with Crippen LogP contribution in [0.25, 0.3) is 11.0 Å². The highest BCUT2D eigenvalue weighted by Gasteiger charge is 2.29. The molecule has 1 aliphatic rings. The van der Waals surface area contributed by atoms with Gasteiger partial charge in [-0.1, -0.05) is 110 Å². The summed E-state index contributed by atoms with van der Waals surface area (Å²) in [5, 5.41) is 14.5. The van der Waals surface area contributed by atoms with Crippen LogP contribution in [0.1, 0.15) is 135 Å². The summed E-state index contributed by atoms with van der Waals surface area (Å²) in [5.74, 6) is 1.19. The molecule has 4 aromatic rings. The number of nitrogens with zero attached hydrogens (tertiary/aromatic N) is 5. The summed E-state index contributed by atoms with van der Waals surface area (Å²) in [4.78, 5) is 76.7. The standard InChI is InChI=1S/C55H84N12O7/c1-7-10-12-17-39(9-3)18-13-11-14-27-58-50-49-44(62-53(56)64-50)26-29-67(49)36-42-23-20-41(34-46(42)73-6)35-65-30-32-66(33-31-65)55(72)74-37-40-21-24-43(25-22-40)60-51(69)45(19-15-28-59-54(57)71)61-52(70)48(38(4)5)63-47(68)16-8-2/h20-26,29,34,38-39,45,48H,7-19,27-28,30-33,35-37H2,1-6H3,(H,60,69)(H,61,70)(H,63,68)(H3,57,59,71)(H3,56,58,62,64)/t39?,45-,48-/m0/s1. The number of nitrogens with two attached hydrogens (primary N) is 2. The highest BCUT2D eigenvalue weighted by Crippen LogP contribution is 2.28. The van der Waals surface area contributed by atoms with E-state index in [9.17, 15) is 24.0 Å². The largest absolute Gasteiger partial charge is 0.496 e. The van der Waals surface area contributed by atoms with E-state index >= 15 is 0 Å². The maximum absolute atomic E-state index is 13.5. The molecule has 0 radical (unpaired) electrons. The lowest BCUT2D eigenvalue weighted by atomic mass is 9.93. The number of ether oxygens (including phenoxy) is 2. The van der Waals surface area contributed by atoms with Gasteiger partial charge in [-0.25, -0.2) is 14.6 Å². The van der Waals surface area contributed by atoms with E-state index in [0.717, 1.165) is 58.2 Å². The minimum atomic E-state index is -0.963. The van der Waals surface area contributed by atoms with Crippen molar-refractivity contribution in [2.75, 3.05) is 62.7 Å². The maximum atomic E-state index is 13.5. The Balaban J connectivity index is 1.08. The normalized spacial score (nSPS) is 14.0. The molecule has 19 heteroatoms. The zero-order valence-electron chi connectivity index (χ0n) is 44.8. The van der Waals surface area contributed by atoms with Gasteiger partial charge in [-0.3, -0.25) is 19.3 Å². The number of piperazine rings is 1. The number of nitrogens with one attached hydrogen (secondary N) is 5. The topological polar surface area (TPSA) is 253 Å². The van der Waals surface area contributed by atoms with Gasteiger partial charge in [-0.2, -0.15) is 4.98 Å². The SMILES string of the molecule is CCCCCC(CC)CCCCCNc1nc(N)nc2ccn(Cc3ccc(CN4CCN(C(=O)OCc5ccc(NC(=O)[C@H](CCCNC(N)=O)NC(=O)[C@@H](NC(=O)CCC)C(C)C)cc5)CC4)cc3OC)c12. The summed E-state index contributed by atoms with van der Waals surface area (Å²) in [6, 6.07) is 12.7. The summed E-state index contributed by atoms with van der Waals surface area (Å²) in [7, 11) is 1.69. The van der Waals surface area contributed by atoms with Gasteiger partial charge in [0.05, 0.1) is 19.2 Å². The van der Waals surface area contributed by atoms with Crippen LogP contribution in [0, 0.1) is 11.8 Å². The Morgan fingerprint density at radius 2 is 1.50 bits per heavy atom. The van der Waals surface area contributed by atoms with Crippen LogP contribution in [0.3, 0.4) is 0 Å². The van der Waals surface area contributed by atoms with Gasteiger partial charge in [0.2, 0.25) is 23.7 Å². The third kappa shape index (κ3) is 18.7. The minimum absolute atomic E-state index is 0.0435. The molecule has 19 nitrogen and oxygen atoms in total. The van der Waals surface area contributed by atoms with Crippen LogP contribution in [0.4, 0.5) is 27.0 Å². The molecule has 0 saturated carbocycles. The molecule has 74 heavy (non-hydrogen) atoms. The number of benzene rings is 2. The molecule has 2 aromatic heterocycles. The molecule has 3 atom stereocenters. The van der Waals surface area contributed by atoms with Crippen LogP contribution in [0.15, 0.2) is 54.7 Å². The van der Waals surface area contributed by atoms with Gasteiger partial charge in [0.25, 0.3) is 0 Å². The van der Waals surface area contributed by atoms with Crippen molar-refractivity contribution >= 4 is 58.3 Å². The number of methoxy groups -OCH3 is 1. The Morgan fingerprint density at radius 3 is 2.18 bits per heavy atom. The predicted molar refractivity (Wildman–Crippen MR) is 291 cm³/mol. The number of unbranched alkanes of at least 4 members (excludes halogenated alkanes) is 4. The number of urea groups is 1. The van der Waals surface area contributed by atoms with Gasteiger partial charge in [0, 0.05) is 69.7 Å². The lowest BCUT2D eigenvalue weighted by molar-refractivity contribution is -0.132. The number of anilines is 3. The molecule has 5 rings (SSSR count). The quantitative estimate of drug-likeness (QED) is 0.0238. The average molecular weight is 1030 g/mol. The first-order valence-corrected chi connectivity index (χ1v) is 26.9. The van der Waals surface area contributed by atoms with E-state index in [1.54, 1.807) is 36.3 Å². The van der Waals surface area contributed by atoms with E-state index in [1.807, 2.05) is 33.0 Å². The molecule has 3 heterocycles. The molecular weight excluding hydrogens is 941 g/mol. The lowest BCUT2D eigenvalue weighted by Gasteiger charge is -2.34. The number of amides is 6. The van der Waals surface area contributed by atoms with Crippen LogP contribution in [0.2, 0.25) is 0 Å². The Morgan fingerprint density at radius 1 is 0.770 bits per heavy atom. The third-order valence-electron chi connectivity index (χ3n) is 13.7. The van der Waals surface area contributed by atoms with Crippen LogP contribution in [-0.4, -0.2) is 113 Å². The first-order valence-electron chi connectivity index (χ1n) is 26.9. The van der Waals surface area contributed by atoms with Crippen LogP contribution < -0.4 is 42.8 Å². The number of hydrogen-bond donors (Lipinski definition) is 7. The lowest BCUT2D eigenvalue weighted by Crippen LogP contribution is -2.54. The summed E-state index contributed by atoms with van der Waals surface area (Å²) in [6.07, 6.45) is 14.4. The second kappa shape index (κ2) is 30.5. The van der Waals surface area contributed by atoms with E-state index < -0.39 is 36.0 Å². The molecule has 0 spiro atoms. The molecule has 1 saturated heterocycles. The first kappa shape index (κ1) is 58.3. The van der Waals surface area contributed by atoms with Gasteiger partial charge in [0.1, 0.15) is 30.0 Å². The second-order valence-corrected chi connectivity index (χ2v) is 19.8. The van der Waals surface area contributed by atoms with Gasteiger partial charge >= 0.3 is 12.1 Å². The molecule has 1 fully saturated rings. The van der Waals surface area contributed by atoms with Crippen LogP contribution in [-0.2, 0) is 38.8 Å². The first-order chi connectivity index (χ1) is 35.7. The molecular formula is C55H84N12O7. The molecule has 1 aliphatic heterocycles. The number of nitrogen functional groups attached to an aromatic ring is 1. The zero-order valence-corrected chi connectivity index (χ0v) is 44.8. The molecule has 1 unspecified atom stereocenters. The van der Waals surface area contributed by atoms with Gasteiger partial charge in [0.15, 0.2) is 5.82 Å². The maximum Gasteiger partial charge on any atom is 0.410 e. The van der Waals surface area contributed by atoms with E-state index in [4.69, 9.17) is 20.9 Å². The van der Waals surface area contributed by atoms with Crippen molar-refractivity contribution < 1.29 is 33.4 Å². The van der Waals surface area contributed by atoms with E-state index in [-0.39, 0.29) is 43.8 Å². The average Bonchev–Trinajstić information content (AvgIpc) is 3.78. The fourth-order valence-corrected chi connectivity index (χ4v) is 9.31. The number of carbonyl (C=O) groups is 5. The van der Waals surface area contributed by atoms with Crippen molar-refractivity contribution in [2.24, 2.45) is 17.6 Å². The number of primary amides is 1. The smallest absolute Gasteiger partial charge is 0.410 e. The summed E-state index contributed by atoms with van der Waals surface area (Å²) < 4.78 is 13.8. The van der Waals surface area contributed by atoms with Crippen molar-refractivity contribution in [3.8, 4) is 5.75 Å². The highest BCUT2D eigenvalue weighted by molar-refractivity contribution is 5.98. The summed E-state index contributed by atoms with van der Waals surface area (Å²) in [6.45, 7) is 14.8. The van der Waals surface area contributed by atoms with Gasteiger partial charge in [-0.15, -0.1) is 0 Å². The second-order valence-electron chi connectivity index (χ2n) is 19.8. The van der Waals surface area contributed by atoms with Crippen molar-refractivity contribution in [1.82, 2.24) is 40.3 Å². The fourth-order valence-electron chi connectivity index (χ4n) is 9.31. The number of hydrogen-bond acceptors (Lipinski definition) is 12. The fraction of sp³-hybridized carbons (Fsp3) is 0.582. The van der Waals surface area contributed by atoms with Crippen LogP contribution in [0.5, 0.6) is 5.75 Å². The van der Waals surface area contributed by atoms with Crippen molar-refractivity contribution in [2.45, 2.75) is 150 Å². The van der Waals surface area contributed by atoms with Crippen molar-refractivity contribution in [3.05, 3.63) is 71.4 Å². The predicted octanol–water partition coefficient (Wildman–Crippen LogP) is 7.92. The number of rotatable bonds is 31. The highest BCUT2D eigenvalue weighted by atomic mass is 16.6. The third-order valence-corrected chi connectivity index (χ3v) is 13.7. The Hall–Kier alpha value is -6.63. The minimum Gasteiger partial charge on any atom is -0.496 e. The van der Waals surface area contributed by atoms with Crippen molar-refractivity contribution in [3.63, 3.8) is 0 Å². The Labute approximate surface area is 438 Å². The summed E-state index contributed by atoms with van der Waals surface area (Å²) >= 11 is 0. The molecule has 406 valence electrons. The van der Waals surface area contributed by atoms with Gasteiger partial charge in [-0.05, 0) is 72.9 Å². The zero-order chi connectivity index (χ0) is 53.4. The number of carbonyl (C=O) groups excluding carboxylic acids is 5. The van der Waals surface area contributed by atoms with Crippen molar-refractivity contribution in [1.29, 1.82) is 0 Å².